The van der Waals surface area contributed by atoms with E-state index in [1.165, 1.54) is 10.6 Å². The molecule has 1 N–H and O–H groups in total. The maximum Gasteiger partial charge on any atom is 0.333 e. The first-order valence-electron chi connectivity index (χ1n) is 14.5. The number of hydrogen-bond donors (Lipinski definition) is 1. The van der Waals surface area contributed by atoms with Gasteiger partial charge in [0.05, 0.1) is 17.5 Å². The summed E-state index contributed by atoms with van der Waals surface area (Å²) in [5.74, 6) is 0.535. The Morgan fingerprint density at radius 2 is 1.74 bits per heavy atom. The molecule has 3 aromatic rings. The molecular formula is C30H33ClFN5O4S. The number of thioether (sulfide) groups is 1. The van der Waals surface area contributed by atoms with Crippen LogP contribution < -0.4 is 16.6 Å². The molecule has 3 aliphatic rings. The number of carbonyl (C=O) groups excluding carboxylic acids is 2. The molecule has 2 amide bonds. The second-order valence-corrected chi connectivity index (χ2v) is 13.1. The highest BCUT2D eigenvalue weighted by molar-refractivity contribution is 7.99. The van der Waals surface area contributed by atoms with Crippen molar-refractivity contribution >= 4 is 46.2 Å². The van der Waals surface area contributed by atoms with Crippen LogP contribution in [-0.2, 0) is 16.1 Å². The van der Waals surface area contributed by atoms with Crippen LogP contribution in [0.2, 0.25) is 5.02 Å². The Labute approximate surface area is 251 Å². The van der Waals surface area contributed by atoms with Crippen molar-refractivity contribution in [3.63, 3.8) is 0 Å². The van der Waals surface area contributed by atoms with Gasteiger partial charge in [0.25, 0.3) is 5.56 Å². The third kappa shape index (κ3) is 5.73. The van der Waals surface area contributed by atoms with E-state index in [9.17, 15) is 23.6 Å². The monoisotopic (exact) mass is 613 g/mol. The molecule has 222 valence electrons. The van der Waals surface area contributed by atoms with Crippen LogP contribution in [0, 0.1) is 11.7 Å². The minimum atomic E-state index is -0.613. The van der Waals surface area contributed by atoms with E-state index in [1.54, 1.807) is 15.5 Å². The van der Waals surface area contributed by atoms with Gasteiger partial charge in [0.1, 0.15) is 11.5 Å². The average molecular weight is 614 g/mol. The molecule has 4 heterocycles. The molecular weight excluding hydrogens is 581 g/mol. The maximum absolute atomic E-state index is 14.2. The van der Waals surface area contributed by atoms with Crippen molar-refractivity contribution in [1.29, 1.82) is 0 Å². The number of rotatable bonds is 6. The molecule has 9 nitrogen and oxygen atoms in total. The standard InChI is InChI=1S/C30H33ClFN5O4S/c31-25-4-2-1-3-18(25)16-35-17-19(13-26(35)38)28(39)34-21-5-7-22(8-6-21)37-29(40)24-14-20(32)15-33-27(24)36(30(37)41)23-9-11-42-12-10-23/h1-4,14-15,19,21-23H,5-13,16-17H2,(H,34,39). The first-order chi connectivity index (χ1) is 20.3. The zero-order chi connectivity index (χ0) is 29.4. The molecule has 2 aliphatic heterocycles. The molecule has 1 atom stereocenters. The fourth-order valence-corrected chi connectivity index (χ4v) is 7.81. The van der Waals surface area contributed by atoms with E-state index in [-0.39, 0.29) is 53.1 Å². The number of nitrogens with one attached hydrogen (secondary N) is 1. The van der Waals surface area contributed by atoms with Crippen molar-refractivity contribution in [3.8, 4) is 0 Å². The first-order valence-corrected chi connectivity index (χ1v) is 16.0. The molecule has 1 saturated carbocycles. The van der Waals surface area contributed by atoms with E-state index in [0.717, 1.165) is 36.1 Å². The molecule has 1 aliphatic carbocycles. The lowest BCUT2D eigenvalue weighted by Crippen LogP contribution is -2.47. The van der Waals surface area contributed by atoms with Gasteiger partial charge in [-0.25, -0.2) is 14.2 Å². The topological polar surface area (TPSA) is 106 Å². The lowest BCUT2D eigenvalue weighted by atomic mass is 9.90. The summed E-state index contributed by atoms with van der Waals surface area (Å²) in [7, 11) is 0. The Bertz CT molecular complexity index is 1630. The number of carbonyl (C=O) groups is 2. The Hall–Kier alpha value is -3.18. The quantitative estimate of drug-likeness (QED) is 0.449. The lowest BCUT2D eigenvalue weighted by Gasteiger charge is -2.32. The van der Waals surface area contributed by atoms with Crippen molar-refractivity contribution in [2.45, 2.75) is 69.6 Å². The normalized spacial score (nSPS) is 23.4. The van der Waals surface area contributed by atoms with Gasteiger partial charge in [-0.05, 0) is 67.7 Å². The Balaban J connectivity index is 1.14. The van der Waals surface area contributed by atoms with Gasteiger partial charge in [0.15, 0.2) is 0 Å². The molecule has 0 spiro atoms. The van der Waals surface area contributed by atoms with E-state index in [1.807, 2.05) is 30.0 Å². The largest absolute Gasteiger partial charge is 0.353 e. The third-order valence-electron chi connectivity index (χ3n) is 8.79. The molecule has 12 heteroatoms. The number of amides is 2. The van der Waals surface area contributed by atoms with Gasteiger partial charge in [-0.15, -0.1) is 0 Å². The van der Waals surface area contributed by atoms with Crippen molar-refractivity contribution in [2.75, 3.05) is 18.1 Å². The summed E-state index contributed by atoms with van der Waals surface area (Å²) in [4.78, 5) is 58.9. The number of aromatic nitrogens is 3. The zero-order valence-electron chi connectivity index (χ0n) is 23.1. The van der Waals surface area contributed by atoms with E-state index in [4.69, 9.17) is 11.6 Å². The summed E-state index contributed by atoms with van der Waals surface area (Å²) < 4.78 is 17.1. The van der Waals surface area contributed by atoms with Gasteiger partial charge in [-0.1, -0.05) is 29.8 Å². The highest BCUT2D eigenvalue weighted by Crippen LogP contribution is 2.31. The molecule has 2 aromatic heterocycles. The number of hydrogen-bond acceptors (Lipinski definition) is 6. The van der Waals surface area contributed by atoms with Gasteiger partial charge in [-0.2, -0.15) is 11.8 Å². The highest BCUT2D eigenvalue weighted by atomic mass is 35.5. The van der Waals surface area contributed by atoms with Crippen LogP contribution in [0.15, 0.2) is 46.1 Å². The summed E-state index contributed by atoms with van der Waals surface area (Å²) in [6.45, 7) is 0.700. The van der Waals surface area contributed by atoms with E-state index in [0.29, 0.717) is 43.8 Å². The molecule has 1 unspecified atom stereocenters. The van der Waals surface area contributed by atoms with Crippen LogP contribution >= 0.6 is 23.4 Å². The van der Waals surface area contributed by atoms with Gasteiger partial charge in [-0.3, -0.25) is 23.5 Å². The Morgan fingerprint density at radius 3 is 2.48 bits per heavy atom. The van der Waals surface area contributed by atoms with Crippen molar-refractivity contribution in [2.24, 2.45) is 5.92 Å². The number of halogens is 2. The summed E-state index contributed by atoms with van der Waals surface area (Å²) in [5, 5.41) is 3.81. The van der Waals surface area contributed by atoms with Crippen LogP contribution in [-0.4, -0.2) is 54.9 Å². The molecule has 0 bridgehead atoms. The van der Waals surface area contributed by atoms with Crippen LogP contribution in [0.5, 0.6) is 0 Å². The van der Waals surface area contributed by atoms with Crippen molar-refractivity contribution < 1.29 is 14.0 Å². The van der Waals surface area contributed by atoms with Crippen LogP contribution in [0.1, 0.15) is 62.6 Å². The molecule has 3 fully saturated rings. The van der Waals surface area contributed by atoms with E-state index >= 15 is 0 Å². The van der Waals surface area contributed by atoms with Crippen LogP contribution in [0.3, 0.4) is 0 Å². The van der Waals surface area contributed by atoms with Crippen LogP contribution in [0.4, 0.5) is 4.39 Å². The molecule has 2 saturated heterocycles. The molecule has 6 rings (SSSR count). The van der Waals surface area contributed by atoms with Crippen molar-refractivity contribution in [1.82, 2.24) is 24.3 Å². The first kappa shape index (κ1) is 28.9. The fraction of sp³-hybridized carbons (Fsp3) is 0.500. The Morgan fingerprint density at radius 1 is 1.02 bits per heavy atom. The van der Waals surface area contributed by atoms with Gasteiger partial charge in [0.2, 0.25) is 11.8 Å². The molecule has 1 aromatic carbocycles. The summed E-state index contributed by atoms with van der Waals surface area (Å²) >= 11 is 8.09. The minimum absolute atomic E-state index is 0.0757. The number of pyridine rings is 1. The maximum atomic E-state index is 14.2. The Kier molecular flexibility index (Phi) is 8.40. The predicted octanol–water partition coefficient (Wildman–Crippen LogP) is 4.07. The lowest BCUT2D eigenvalue weighted by molar-refractivity contribution is -0.129. The van der Waals surface area contributed by atoms with Gasteiger partial charge < -0.3 is 10.2 Å². The number of nitrogens with zero attached hydrogens (tertiary/aromatic N) is 4. The second kappa shape index (κ2) is 12.2. The minimum Gasteiger partial charge on any atom is -0.353 e. The summed E-state index contributed by atoms with van der Waals surface area (Å²) in [6, 6.07) is 7.98. The third-order valence-corrected chi connectivity index (χ3v) is 10.2. The fourth-order valence-electron chi connectivity index (χ4n) is 6.53. The van der Waals surface area contributed by atoms with Gasteiger partial charge >= 0.3 is 5.69 Å². The van der Waals surface area contributed by atoms with E-state index in [2.05, 4.69) is 10.3 Å². The smallest absolute Gasteiger partial charge is 0.333 e. The molecule has 0 radical (unpaired) electrons. The van der Waals surface area contributed by atoms with Crippen molar-refractivity contribution in [3.05, 3.63) is 73.8 Å². The van der Waals surface area contributed by atoms with Crippen LogP contribution in [0.25, 0.3) is 11.0 Å². The molecule has 42 heavy (non-hydrogen) atoms. The average Bonchev–Trinajstić information content (AvgIpc) is 3.36. The highest BCUT2D eigenvalue weighted by Gasteiger charge is 2.36. The number of likely N-dealkylation sites (tertiary alicyclic amines) is 1. The number of fused-ring (bicyclic) bond motifs is 1. The number of benzene rings is 1. The van der Waals surface area contributed by atoms with E-state index < -0.39 is 17.3 Å². The second-order valence-electron chi connectivity index (χ2n) is 11.5. The zero-order valence-corrected chi connectivity index (χ0v) is 24.7. The summed E-state index contributed by atoms with van der Waals surface area (Å²) in [6.07, 6.45) is 5.01. The van der Waals surface area contributed by atoms with Gasteiger partial charge in [0, 0.05) is 42.7 Å². The summed E-state index contributed by atoms with van der Waals surface area (Å²) in [5.41, 5.74) is 0.184. The predicted molar refractivity (Wildman–Crippen MR) is 160 cm³/mol. The SMILES string of the molecule is O=C(NC1CCC(n2c(=O)c3cc(F)cnc3n(C3CCSCC3)c2=O)CC1)C1CC(=O)N(Cc2ccccc2Cl)C1.